The number of nitrogens with one attached hydrogen (secondary N) is 2. The number of halogens is 5. The lowest BCUT2D eigenvalue weighted by Gasteiger charge is -2.12. The lowest BCUT2D eigenvalue weighted by molar-refractivity contribution is 0.101. The van der Waals surface area contributed by atoms with Crippen LogP contribution in [0.4, 0.5) is 33.3 Å². The molecule has 8 rings (SSSR count). The van der Waals surface area contributed by atoms with E-state index in [-0.39, 0.29) is 25.8 Å². The smallest absolute Gasteiger partial charge is 0.280 e. The zero-order valence-corrected chi connectivity index (χ0v) is 31.6. The maximum Gasteiger partial charge on any atom is 0.280 e. The van der Waals surface area contributed by atoms with E-state index in [9.17, 15) is 31.5 Å². The van der Waals surface area contributed by atoms with Crippen LogP contribution in [-0.4, -0.2) is 53.8 Å². The van der Waals surface area contributed by atoms with Crippen molar-refractivity contribution in [3.8, 4) is 11.5 Å². The average Bonchev–Trinajstić information content (AvgIpc) is 4.16. The minimum Gasteiger partial charge on any atom is -0.491 e. The summed E-state index contributed by atoms with van der Waals surface area (Å²) in [6, 6.07) is 11.0. The Labute approximate surface area is 327 Å². The summed E-state index contributed by atoms with van der Waals surface area (Å²) in [5, 5.41) is 5.26. The predicted octanol–water partition coefficient (Wildman–Crippen LogP) is 10.0. The number of hydrogen-bond donors (Lipinski definition) is 2. The number of aromatic nitrogens is 6. The van der Waals surface area contributed by atoms with Crippen molar-refractivity contribution in [2.24, 2.45) is 0 Å². The van der Waals surface area contributed by atoms with Gasteiger partial charge in [0, 0.05) is 45.4 Å². The Morgan fingerprint density at radius 1 is 0.772 bits per heavy atom. The molecule has 0 spiro atoms. The molecule has 2 aliphatic carbocycles. The van der Waals surface area contributed by atoms with Crippen molar-refractivity contribution in [3.05, 3.63) is 107 Å². The van der Waals surface area contributed by atoms with Crippen LogP contribution in [0.2, 0.25) is 0 Å². The van der Waals surface area contributed by atoms with Gasteiger partial charge in [-0.2, -0.15) is 4.39 Å². The van der Waals surface area contributed by atoms with Crippen LogP contribution in [-0.2, 0) is 0 Å². The Morgan fingerprint density at radius 2 is 1.35 bits per heavy atom. The summed E-state index contributed by atoms with van der Waals surface area (Å²) in [6.45, 7) is 8.41. The molecule has 57 heavy (non-hydrogen) atoms. The second-order valence-corrected chi connectivity index (χ2v) is 12.9. The molecule has 6 aromatic rings. The molecule has 12 nitrogen and oxygen atoms in total. The van der Waals surface area contributed by atoms with Crippen molar-refractivity contribution in [1.29, 1.82) is 0 Å². The molecule has 0 radical (unpaired) electrons. The van der Waals surface area contributed by atoms with E-state index in [0.717, 1.165) is 37.4 Å². The first kappa shape index (κ1) is 40.5. The van der Waals surface area contributed by atoms with Crippen LogP contribution >= 0.6 is 0 Å². The summed E-state index contributed by atoms with van der Waals surface area (Å²) in [6.07, 6.45) is 3.57. The molecular weight excluding hydrogens is 751 g/mol. The first-order chi connectivity index (χ1) is 27.5. The van der Waals surface area contributed by atoms with Gasteiger partial charge in [0.05, 0.1) is 30.3 Å². The van der Waals surface area contributed by atoms with Crippen LogP contribution in [0.3, 0.4) is 0 Å². The highest BCUT2D eigenvalue weighted by molar-refractivity contribution is 6.04. The van der Waals surface area contributed by atoms with Crippen molar-refractivity contribution in [3.63, 3.8) is 0 Å². The zero-order valence-electron chi connectivity index (χ0n) is 31.6. The minimum absolute atomic E-state index is 0. The molecule has 0 bridgehead atoms. The number of carbonyl (C=O) groups excluding carboxylic acids is 2. The van der Waals surface area contributed by atoms with E-state index in [1.807, 2.05) is 31.4 Å². The van der Waals surface area contributed by atoms with E-state index in [1.54, 1.807) is 19.2 Å². The van der Waals surface area contributed by atoms with Gasteiger partial charge in [0.15, 0.2) is 11.4 Å². The Balaban J connectivity index is 0.000000242. The standard InChI is InChI=1S/C19H17F3N4O2.C19H18F2N4O2.C2H6.2H2/c1-2-28-14-8-15-25-16(10-6-7-10)18(22)26(15)9-13(14)24-19(27)12-5-3-4-11(23-12)17(20)21;1-2-27-16-8-12(9-25-10-15(11-6-7-11)24-18(16)25)22-19(26)14-5-3-4-13(23-14)17(20)21;1-2;;/h3-5,8-10,17H,2,6-7H2,1H3,(H,24,27);3-5,8-11,17H,2,6-7H2,1H3,(H,22,26);1-2H3;2*1H. The first-order valence-corrected chi connectivity index (χ1v) is 18.7. The van der Waals surface area contributed by atoms with Gasteiger partial charge in [-0.3, -0.25) is 14.0 Å². The van der Waals surface area contributed by atoms with E-state index >= 15 is 0 Å². The van der Waals surface area contributed by atoms with Crippen molar-refractivity contribution in [1.82, 2.24) is 28.7 Å². The molecule has 2 fully saturated rings. The van der Waals surface area contributed by atoms with Gasteiger partial charge in [-0.15, -0.1) is 0 Å². The number of fused-ring (bicyclic) bond motifs is 2. The fourth-order valence-corrected chi connectivity index (χ4v) is 5.82. The predicted molar refractivity (Wildman–Crippen MR) is 207 cm³/mol. The van der Waals surface area contributed by atoms with Gasteiger partial charge in [-0.1, -0.05) is 26.0 Å². The molecule has 6 heterocycles. The molecule has 0 aliphatic heterocycles. The number of alkyl halides is 4. The number of imidazole rings is 2. The maximum absolute atomic E-state index is 14.7. The third-order valence-electron chi connectivity index (χ3n) is 8.74. The largest absolute Gasteiger partial charge is 0.491 e. The molecule has 0 unspecified atom stereocenters. The second kappa shape index (κ2) is 17.8. The van der Waals surface area contributed by atoms with Gasteiger partial charge in [0.1, 0.15) is 39.9 Å². The summed E-state index contributed by atoms with van der Waals surface area (Å²) < 4.78 is 80.2. The molecule has 0 aromatic carbocycles. The highest BCUT2D eigenvalue weighted by atomic mass is 19.3. The number of carbonyl (C=O) groups is 2. The number of pyridine rings is 4. The van der Waals surface area contributed by atoms with E-state index in [2.05, 4.69) is 30.6 Å². The quantitative estimate of drug-likeness (QED) is 0.117. The lowest BCUT2D eigenvalue weighted by atomic mass is 10.2. The molecular formula is C40H45F5N8O4. The highest BCUT2D eigenvalue weighted by Crippen LogP contribution is 2.42. The highest BCUT2D eigenvalue weighted by Gasteiger charge is 2.31. The van der Waals surface area contributed by atoms with Crippen LogP contribution in [0, 0.1) is 5.95 Å². The Kier molecular flexibility index (Phi) is 12.6. The van der Waals surface area contributed by atoms with Crippen molar-refractivity contribution in [2.75, 3.05) is 23.8 Å². The van der Waals surface area contributed by atoms with Crippen LogP contribution in [0.25, 0.3) is 11.3 Å². The third kappa shape index (κ3) is 9.47. The first-order valence-electron chi connectivity index (χ1n) is 18.7. The number of nitrogens with zero attached hydrogens (tertiary/aromatic N) is 6. The maximum atomic E-state index is 14.7. The SMILES string of the molecule is CC.CCOc1cc(NC(=O)c2cccc(C(F)F)n2)cn2cc(C3CC3)nc12.CCOc1cc2nc(C3CC3)c(F)n2cc1NC(=O)c1cccc(C(F)F)n1.[HH].[HH]. The van der Waals surface area contributed by atoms with Crippen LogP contribution < -0.4 is 20.1 Å². The number of anilines is 2. The molecule has 304 valence electrons. The summed E-state index contributed by atoms with van der Waals surface area (Å²) in [5.74, 6) is -0.285. The van der Waals surface area contributed by atoms with E-state index < -0.39 is 42.0 Å². The number of rotatable bonds is 12. The van der Waals surface area contributed by atoms with E-state index in [4.69, 9.17) is 9.47 Å². The fraction of sp³-hybridized carbons (Fsp3) is 0.350. The fourth-order valence-electron chi connectivity index (χ4n) is 5.82. The number of amides is 2. The number of hydrogen-bond acceptors (Lipinski definition) is 8. The van der Waals surface area contributed by atoms with Gasteiger partial charge >= 0.3 is 0 Å². The Bertz CT molecular complexity index is 2390. The van der Waals surface area contributed by atoms with E-state index in [1.165, 1.54) is 47.0 Å². The van der Waals surface area contributed by atoms with Crippen LogP contribution in [0.1, 0.15) is 125 Å². The second-order valence-electron chi connectivity index (χ2n) is 12.9. The monoisotopic (exact) mass is 796 g/mol. The Hall–Kier alpha value is -6.13. The molecule has 0 saturated heterocycles. The van der Waals surface area contributed by atoms with Gasteiger partial charge < -0.3 is 24.5 Å². The summed E-state index contributed by atoms with van der Waals surface area (Å²) in [4.78, 5) is 41.3. The van der Waals surface area contributed by atoms with Crippen molar-refractivity contribution >= 4 is 34.5 Å². The molecule has 2 amide bonds. The van der Waals surface area contributed by atoms with E-state index in [0.29, 0.717) is 53.3 Å². The van der Waals surface area contributed by atoms with Gasteiger partial charge in [0.25, 0.3) is 24.7 Å². The normalized spacial score (nSPS) is 13.5. The molecule has 2 aliphatic rings. The van der Waals surface area contributed by atoms with Crippen molar-refractivity contribution in [2.45, 2.75) is 78.1 Å². The van der Waals surface area contributed by atoms with Gasteiger partial charge in [0.2, 0.25) is 5.95 Å². The van der Waals surface area contributed by atoms with Gasteiger partial charge in [-0.05, 0) is 63.8 Å². The minimum atomic E-state index is -2.79. The Morgan fingerprint density at radius 3 is 1.91 bits per heavy atom. The lowest BCUT2D eigenvalue weighted by Crippen LogP contribution is -2.16. The van der Waals surface area contributed by atoms with Gasteiger partial charge in [-0.25, -0.2) is 37.5 Å². The van der Waals surface area contributed by atoms with Crippen molar-refractivity contribution < 1.29 is 43.9 Å². The van der Waals surface area contributed by atoms with Crippen LogP contribution in [0.5, 0.6) is 11.5 Å². The molecule has 6 aromatic heterocycles. The molecule has 17 heteroatoms. The topological polar surface area (TPSA) is 137 Å². The molecule has 0 atom stereocenters. The number of ether oxygens (including phenoxy) is 2. The summed E-state index contributed by atoms with van der Waals surface area (Å²) in [5.41, 5.74) is 1.96. The third-order valence-corrected chi connectivity index (χ3v) is 8.74. The molecule has 2 saturated carbocycles. The zero-order chi connectivity index (χ0) is 40.8. The average molecular weight is 797 g/mol. The summed E-state index contributed by atoms with van der Waals surface area (Å²) in [7, 11) is 0. The summed E-state index contributed by atoms with van der Waals surface area (Å²) >= 11 is 0. The van der Waals surface area contributed by atoms with Crippen LogP contribution in [0.15, 0.2) is 67.1 Å². The molecule has 2 N–H and O–H groups in total.